The van der Waals surface area contributed by atoms with Gasteiger partial charge in [-0.2, -0.15) is 0 Å². The molecule has 0 saturated heterocycles. The predicted octanol–water partition coefficient (Wildman–Crippen LogP) is 1.60. The van der Waals surface area contributed by atoms with Crippen molar-refractivity contribution in [2.75, 3.05) is 5.32 Å². The summed E-state index contributed by atoms with van der Waals surface area (Å²) in [6.45, 7) is 3.34. The summed E-state index contributed by atoms with van der Waals surface area (Å²) in [5.74, 6) is -5.95. The van der Waals surface area contributed by atoms with Gasteiger partial charge in [0.2, 0.25) is 17.7 Å². The van der Waals surface area contributed by atoms with Crippen molar-refractivity contribution in [3.63, 3.8) is 0 Å². The van der Waals surface area contributed by atoms with E-state index < -0.39 is 71.8 Å². The Kier molecular flexibility index (Phi) is 14.0. The van der Waals surface area contributed by atoms with Crippen molar-refractivity contribution in [2.45, 2.75) is 63.4 Å². The molecule has 0 fully saturated rings. The molecule has 0 aliphatic rings. The zero-order valence-electron chi connectivity index (χ0n) is 27.0. The summed E-state index contributed by atoms with van der Waals surface area (Å²) < 4.78 is 0. The van der Waals surface area contributed by atoms with E-state index in [0.717, 1.165) is 0 Å². The van der Waals surface area contributed by atoms with E-state index in [0.29, 0.717) is 11.1 Å². The fourth-order valence-electron chi connectivity index (χ4n) is 4.89. The maximum absolute atomic E-state index is 14.0. The molecule has 0 radical (unpaired) electrons. The molecule has 3 rings (SSSR count). The maximum Gasteiger partial charge on any atom is 0.335 e. The van der Waals surface area contributed by atoms with Crippen LogP contribution in [0, 0.1) is 5.92 Å². The molecule has 0 aliphatic heterocycles. The van der Waals surface area contributed by atoms with Gasteiger partial charge in [0.05, 0.1) is 17.6 Å². The van der Waals surface area contributed by atoms with Crippen LogP contribution in [0.3, 0.4) is 0 Å². The summed E-state index contributed by atoms with van der Waals surface area (Å²) in [5.41, 5.74) is 6.92. The molecule has 3 aromatic carbocycles. The molecule has 49 heavy (non-hydrogen) atoms. The molecular weight excluding hydrogens is 634 g/mol. The van der Waals surface area contributed by atoms with Gasteiger partial charge in [0, 0.05) is 12.1 Å². The van der Waals surface area contributed by atoms with Gasteiger partial charge in [-0.05, 0) is 48.1 Å². The number of carbonyl (C=O) groups excluding carboxylic acids is 4. The van der Waals surface area contributed by atoms with Gasteiger partial charge >= 0.3 is 11.9 Å². The van der Waals surface area contributed by atoms with Crippen molar-refractivity contribution in [3.8, 4) is 0 Å². The molecule has 3 aromatic rings. The molecule has 0 bridgehead atoms. The maximum atomic E-state index is 14.0. The van der Waals surface area contributed by atoms with Gasteiger partial charge in [-0.15, -0.1) is 0 Å². The molecule has 0 unspecified atom stereocenters. The van der Waals surface area contributed by atoms with Crippen LogP contribution in [0.2, 0.25) is 0 Å². The summed E-state index contributed by atoms with van der Waals surface area (Å²) in [5, 5.41) is 39.8. The second kappa shape index (κ2) is 18.1. The minimum Gasteiger partial charge on any atom is -0.481 e. The smallest absolute Gasteiger partial charge is 0.335 e. The molecule has 0 spiro atoms. The Balaban J connectivity index is 1.87. The lowest BCUT2D eigenvalue weighted by Crippen LogP contribution is -2.57. The van der Waals surface area contributed by atoms with Crippen LogP contribution in [0.5, 0.6) is 0 Å². The Labute approximate surface area is 283 Å². The third-order valence-electron chi connectivity index (χ3n) is 7.59. The fraction of sp³-hybridized carbons (Fsp3) is 0.314. The van der Waals surface area contributed by atoms with Crippen molar-refractivity contribution in [1.29, 1.82) is 0 Å². The first-order chi connectivity index (χ1) is 23.3. The largest absolute Gasteiger partial charge is 0.481 e. The lowest BCUT2D eigenvalue weighted by molar-refractivity contribution is -0.137. The number of hydrogen-bond acceptors (Lipinski definition) is 8. The number of carbonyl (C=O) groups is 6. The van der Waals surface area contributed by atoms with Gasteiger partial charge in [0.15, 0.2) is 6.10 Å². The standard InChI is InChI=1S/C35H41N5O9/c1-20(2)28(39-31(44)25(36)16-17-27(41)42)32(45)40-29(22-12-7-4-8-13-22)33(46)38-26(18-21-10-5-3-6-11-21)30(43)34(47)37-24-15-9-14-23(19-24)35(48)49/h3-15,19-20,25-26,28-30,43H,16-18,36H2,1-2H3,(H,37,47)(H,38,46)(H,39,44)(H,40,45)(H,41,42)(H,48,49)/t25-,26-,28-,29-,30+/m0/s1. The molecule has 0 heterocycles. The highest BCUT2D eigenvalue weighted by atomic mass is 16.4. The lowest BCUT2D eigenvalue weighted by Gasteiger charge is -2.29. The number of hydrogen-bond donors (Lipinski definition) is 8. The first-order valence-electron chi connectivity index (χ1n) is 15.6. The third-order valence-corrected chi connectivity index (χ3v) is 7.59. The van der Waals surface area contributed by atoms with Gasteiger partial charge in [0.1, 0.15) is 12.1 Å². The minimum absolute atomic E-state index is 0.00466. The van der Waals surface area contributed by atoms with E-state index in [2.05, 4.69) is 21.3 Å². The van der Waals surface area contributed by atoms with E-state index in [1.165, 1.54) is 24.3 Å². The number of carboxylic acids is 2. The molecule has 4 amide bonds. The second-order valence-electron chi connectivity index (χ2n) is 11.7. The Hall–Kier alpha value is -5.60. The van der Waals surface area contributed by atoms with E-state index in [1.54, 1.807) is 74.5 Å². The molecular formula is C35H41N5O9. The number of aromatic carboxylic acids is 1. The minimum atomic E-state index is -1.82. The van der Waals surface area contributed by atoms with Crippen molar-refractivity contribution in [2.24, 2.45) is 11.7 Å². The number of amides is 4. The van der Waals surface area contributed by atoms with Crippen LogP contribution < -0.4 is 27.0 Å². The average Bonchev–Trinajstić information content (AvgIpc) is 3.08. The summed E-state index contributed by atoms with van der Waals surface area (Å²) in [6, 6.07) is 17.5. The lowest BCUT2D eigenvalue weighted by atomic mass is 9.98. The SMILES string of the molecule is CC(C)[C@H](NC(=O)[C@@H](N)CCC(=O)O)C(=O)N[C@H](C(=O)N[C@@H](Cc1ccccc1)[C@@H](O)C(=O)Nc1cccc(C(=O)O)c1)c1ccccc1. The molecule has 0 saturated carbocycles. The molecule has 260 valence electrons. The number of nitrogens with one attached hydrogen (secondary N) is 4. The fourth-order valence-corrected chi connectivity index (χ4v) is 4.89. The summed E-state index contributed by atoms with van der Waals surface area (Å²) >= 11 is 0. The zero-order valence-corrected chi connectivity index (χ0v) is 27.0. The normalized spacial score (nSPS) is 14.0. The summed E-state index contributed by atoms with van der Waals surface area (Å²) in [6.07, 6.45) is -2.30. The average molecular weight is 676 g/mol. The third kappa shape index (κ3) is 11.6. The van der Waals surface area contributed by atoms with E-state index in [1.807, 2.05) is 0 Å². The van der Waals surface area contributed by atoms with Crippen molar-refractivity contribution in [1.82, 2.24) is 16.0 Å². The second-order valence-corrected chi connectivity index (χ2v) is 11.7. The highest BCUT2D eigenvalue weighted by Gasteiger charge is 2.34. The molecule has 5 atom stereocenters. The number of rotatable bonds is 17. The predicted molar refractivity (Wildman–Crippen MR) is 179 cm³/mol. The summed E-state index contributed by atoms with van der Waals surface area (Å²) in [4.78, 5) is 75.8. The number of aliphatic hydroxyl groups is 1. The molecule has 14 nitrogen and oxygen atoms in total. The number of nitrogens with two attached hydrogens (primary N) is 1. The first kappa shape index (κ1) is 37.9. The van der Waals surface area contributed by atoms with Crippen molar-refractivity contribution in [3.05, 3.63) is 102 Å². The Bertz CT molecular complexity index is 1620. The highest BCUT2D eigenvalue weighted by molar-refractivity contribution is 5.97. The summed E-state index contributed by atoms with van der Waals surface area (Å²) in [7, 11) is 0. The monoisotopic (exact) mass is 675 g/mol. The van der Waals surface area contributed by atoms with E-state index in [9.17, 15) is 39.0 Å². The Morgan fingerprint density at radius 3 is 1.96 bits per heavy atom. The van der Waals surface area contributed by atoms with E-state index in [4.69, 9.17) is 10.8 Å². The van der Waals surface area contributed by atoms with Crippen LogP contribution in [-0.4, -0.2) is 75.1 Å². The molecule has 0 aromatic heterocycles. The number of aliphatic carboxylic acids is 1. The van der Waals surface area contributed by atoms with E-state index in [-0.39, 0.29) is 30.5 Å². The van der Waals surface area contributed by atoms with Crippen LogP contribution in [0.15, 0.2) is 84.9 Å². The number of aliphatic hydroxyl groups excluding tert-OH is 1. The molecule has 0 aliphatic carbocycles. The van der Waals surface area contributed by atoms with Crippen molar-refractivity contribution < 1.29 is 44.1 Å². The first-order valence-corrected chi connectivity index (χ1v) is 15.6. The van der Waals surface area contributed by atoms with Crippen LogP contribution in [-0.2, 0) is 30.4 Å². The van der Waals surface area contributed by atoms with Crippen molar-refractivity contribution >= 4 is 41.3 Å². The van der Waals surface area contributed by atoms with Gasteiger partial charge in [-0.3, -0.25) is 24.0 Å². The van der Waals surface area contributed by atoms with Gasteiger partial charge in [-0.25, -0.2) is 4.79 Å². The van der Waals surface area contributed by atoms with Gasteiger partial charge in [0.25, 0.3) is 5.91 Å². The zero-order chi connectivity index (χ0) is 36.1. The van der Waals surface area contributed by atoms with Crippen LogP contribution in [0.1, 0.15) is 54.2 Å². The number of carboxylic acid groups (broad SMARTS) is 2. The number of anilines is 1. The van der Waals surface area contributed by atoms with Crippen LogP contribution in [0.25, 0.3) is 0 Å². The highest BCUT2D eigenvalue weighted by Crippen LogP contribution is 2.18. The quantitative estimate of drug-likeness (QED) is 0.103. The topological polar surface area (TPSA) is 237 Å². The number of benzene rings is 3. The van der Waals surface area contributed by atoms with Crippen LogP contribution >= 0.6 is 0 Å². The Morgan fingerprint density at radius 1 is 0.735 bits per heavy atom. The van der Waals surface area contributed by atoms with E-state index >= 15 is 0 Å². The molecule has 14 heteroatoms. The van der Waals surface area contributed by atoms with Gasteiger partial charge < -0.3 is 42.3 Å². The Morgan fingerprint density at radius 2 is 1.37 bits per heavy atom. The molecule has 9 N–H and O–H groups in total. The van der Waals surface area contributed by atoms with Gasteiger partial charge in [-0.1, -0.05) is 80.6 Å². The van der Waals surface area contributed by atoms with Crippen LogP contribution in [0.4, 0.5) is 5.69 Å².